The molecule has 0 radical (unpaired) electrons. The number of carbonyl (C=O) groups excluding carboxylic acids is 1. The van der Waals surface area contributed by atoms with Gasteiger partial charge in [0.1, 0.15) is 5.78 Å². The maximum atomic E-state index is 10.7. The number of ether oxygens (including phenoxy) is 1. The van der Waals surface area contributed by atoms with Gasteiger partial charge in [0.2, 0.25) is 0 Å². The second-order valence-electron chi connectivity index (χ2n) is 2.53. The average Bonchev–Trinajstić information content (AvgIpc) is 2.36. The minimum Gasteiger partial charge on any atom is -0.484 e. The Kier molecular flexibility index (Phi) is 3.29. The van der Waals surface area contributed by atoms with Gasteiger partial charge in [0.25, 0.3) is 0 Å². The molecule has 0 N–H and O–H groups in total. The zero-order valence-electron chi connectivity index (χ0n) is 7.29. The summed E-state index contributed by atoms with van der Waals surface area (Å²) in [6.45, 7) is 4.23. The molecule has 1 aromatic heterocycles. The molecule has 0 saturated heterocycles. The lowest BCUT2D eigenvalue weighted by molar-refractivity contribution is -0.116. The first-order chi connectivity index (χ1) is 5.72. The van der Waals surface area contributed by atoms with Crippen molar-refractivity contribution in [2.45, 2.75) is 20.3 Å². The molecule has 0 amide bonds. The van der Waals surface area contributed by atoms with Gasteiger partial charge in [0, 0.05) is 11.3 Å². The number of Topliss-reactive ketones (excluding diaryl/α,β-unsaturated/α-hetero) is 1. The number of ketones is 1. The smallest absolute Gasteiger partial charge is 0.173 e. The van der Waals surface area contributed by atoms with Crippen molar-refractivity contribution in [3.63, 3.8) is 0 Å². The van der Waals surface area contributed by atoms with Crippen LogP contribution >= 0.6 is 11.3 Å². The fraction of sp³-hybridized carbons (Fsp3) is 0.444. The molecule has 0 unspecified atom stereocenters. The van der Waals surface area contributed by atoms with Crippen LogP contribution in [0.2, 0.25) is 0 Å². The zero-order chi connectivity index (χ0) is 8.97. The van der Waals surface area contributed by atoms with Crippen LogP contribution in [0.5, 0.6) is 5.06 Å². The van der Waals surface area contributed by atoms with Crippen molar-refractivity contribution >= 4 is 17.1 Å². The van der Waals surface area contributed by atoms with Gasteiger partial charge in [-0.3, -0.25) is 4.79 Å². The summed E-state index contributed by atoms with van der Waals surface area (Å²) in [5.41, 5.74) is 0. The molecule has 0 aromatic carbocycles. The van der Waals surface area contributed by atoms with Crippen LogP contribution in [-0.2, 0) is 11.2 Å². The molecule has 66 valence electrons. The van der Waals surface area contributed by atoms with E-state index in [1.165, 1.54) is 0 Å². The highest BCUT2D eigenvalue weighted by atomic mass is 32.1. The Morgan fingerprint density at radius 3 is 2.92 bits per heavy atom. The third-order valence-corrected chi connectivity index (χ3v) is 2.34. The van der Waals surface area contributed by atoms with Gasteiger partial charge in [0.15, 0.2) is 5.06 Å². The second kappa shape index (κ2) is 4.26. The highest BCUT2D eigenvalue weighted by molar-refractivity contribution is 7.13. The van der Waals surface area contributed by atoms with Gasteiger partial charge < -0.3 is 4.74 Å². The first-order valence-corrected chi connectivity index (χ1v) is 4.75. The van der Waals surface area contributed by atoms with E-state index in [4.69, 9.17) is 4.74 Å². The minimum atomic E-state index is 0.194. The number of rotatable bonds is 4. The van der Waals surface area contributed by atoms with Crippen LogP contribution in [0.4, 0.5) is 0 Å². The number of hydrogen-bond donors (Lipinski definition) is 0. The molecular formula is C9H12O2S. The molecule has 0 aliphatic heterocycles. The van der Waals surface area contributed by atoms with Crippen molar-refractivity contribution in [3.05, 3.63) is 17.0 Å². The van der Waals surface area contributed by atoms with E-state index in [0.717, 1.165) is 9.94 Å². The first kappa shape index (κ1) is 9.26. The van der Waals surface area contributed by atoms with Crippen LogP contribution in [-0.4, -0.2) is 12.4 Å². The molecule has 1 heterocycles. The Bertz CT molecular complexity index is 265. The lowest BCUT2D eigenvalue weighted by atomic mass is 10.3. The van der Waals surface area contributed by atoms with Crippen LogP contribution in [0, 0.1) is 0 Å². The monoisotopic (exact) mass is 184 g/mol. The van der Waals surface area contributed by atoms with E-state index in [9.17, 15) is 4.79 Å². The van der Waals surface area contributed by atoms with Crippen molar-refractivity contribution < 1.29 is 9.53 Å². The van der Waals surface area contributed by atoms with Gasteiger partial charge in [-0.25, -0.2) is 0 Å². The Morgan fingerprint density at radius 1 is 1.58 bits per heavy atom. The maximum Gasteiger partial charge on any atom is 0.173 e. The summed E-state index contributed by atoms with van der Waals surface area (Å²) in [5.74, 6) is 0.194. The molecule has 12 heavy (non-hydrogen) atoms. The molecular weight excluding hydrogens is 172 g/mol. The molecule has 0 atom stereocenters. The van der Waals surface area contributed by atoms with Crippen molar-refractivity contribution in [1.82, 2.24) is 0 Å². The SMILES string of the molecule is CCOc1ccc(CC(C)=O)s1. The van der Waals surface area contributed by atoms with Gasteiger partial charge >= 0.3 is 0 Å². The Morgan fingerprint density at radius 2 is 2.33 bits per heavy atom. The van der Waals surface area contributed by atoms with Crippen LogP contribution < -0.4 is 4.74 Å². The molecule has 0 aliphatic carbocycles. The first-order valence-electron chi connectivity index (χ1n) is 3.93. The van der Waals surface area contributed by atoms with Crippen LogP contribution in [0.25, 0.3) is 0 Å². The molecule has 0 aliphatic rings. The summed E-state index contributed by atoms with van der Waals surface area (Å²) in [5, 5.41) is 0.897. The minimum absolute atomic E-state index is 0.194. The van der Waals surface area contributed by atoms with Crippen LogP contribution in [0.3, 0.4) is 0 Å². The van der Waals surface area contributed by atoms with E-state index in [1.807, 2.05) is 19.1 Å². The molecule has 0 bridgehead atoms. The normalized spacial score (nSPS) is 9.83. The highest BCUT2D eigenvalue weighted by Crippen LogP contribution is 2.24. The standard InChI is InChI=1S/C9H12O2S/c1-3-11-9-5-4-8(12-9)6-7(2)10/h4-5H,3,6H2,1-2H3. The van der Waals surface area contributed by atoms with E-state index in [2.05, 4.69) is 0 Å². The summed E-state index contributed by atoms with van der Waals surface area (Å²) in [4.78, 5) is 11.8. The van der Waals surface area contributed by atoms with Crippen molar-refractivity contribution in [2.75, 3.05) is 6.61 Å². The molecule has 0 saturated carbocycles. The van der Waals surface area contributed by atoms with E-state index in [1.54, 1.807) is 18.3 Å². The Labute approximate surface area is 76.2 Å². The average molecular weight is 184 g/mol. The predicted molar refractivity (Wildman–Crippen MR) is 49.9 cm³/mol. The Hall–Kier alpha value is -0.830. The van der Waals surface area contributed by atoms with Gasteiger partial charge in [-0.15, -0.1) is 11.3 Å². The summed E-state index contributed by atoms with van der Waals surface area (Å²) in [7, 11) is 0. The predicted octanol–water partition coefficient (Wildman–Crippen LogP) is 2.28. The van der Waals surface area contributed by atoms with Gasteiger partial charge in [-0.1, -0.05) is 0 Å². The lowest BCUT2D eigenvalue weighted by Gasteiger charge is -1.95. The van der Waals surface area contributed by atoms with Crippen LogP contribution in [0.15, 0.2) is 12.1 Å². The third kappa shape index (κ3) is 2.66. The van der Waals surface area contributed by atoms with E-state index >= 15 is 0 Å². The van der Waals surface area contributed by atoms with Crippen molar-refractivity contribution in [2.24, 2.45) is 0 Å². The Balaban J connectivity index is 2.58. The largest absolute Gasteiger partial charge is 0.484 e. The summed E-state index contributed by atoms with van der Waals surface area (Å²) in [6, 6.07) is 3.85. The topological polar surface area (TPSA) is 26.3 Å². The molecule has 1 aromatic rings. The number of thiophene rings is 1. The van der Waals surface area contributed by atoms with Gasteiger partial charge in [-0.05, 0) is 26.0 Å². The fourth-order valence-electron chi connectivity index (χ4n) is 0.918. The van der Waals surface area contributed by atoms with E-state index in [-0.39, 0.29) is 5.78 Å². The van der Waals surface area contributed by atoms with E-state index in [0.29, 0.717) is 13.0 Å². The van der Waals surface area contributed by atoms with Gasteiger partial charge in [-0.2, -0.15) is 0 Å². The van der Waals surface area contributed by atoms with Crippen molar-refractivity contribution in [1.29, 1.82) is 0 Å². The summed E-state index contributed by atoms with van der Waals surface area (Å²) in [6.07, 6.45) is 0.526. The second-order valence-corrected chi connectivity index (χ2v) is 3.66. The quantitative estimate of drug-likeness (QED) is 0.717. The highest BCUT2D eigenvalue weighted by Gasteiger charge is 2.02. The molecule has 2 nitrogen and oxygen atoms in total. The van der Waals surface area contributed by atoms with Crippen molar-refractivity contribution in [3.8, 4) is 5.06 Å². The molecule has 1 rings (SSSR count). The fourth-order valence-corrected chi connectivity index (χ4v) is 1.90. The third-order valence-electron chi connectivity index (χ3n) is 1.35. The number of hydrogen-bond acceptors (Lipinski definition) is 3. The molecule has 3 heteroatoms. The number of carbonyl (C=O) groups is 1. The maximum absolute atomic E-state index is 10.7. The molecule has 0 spiro atoms. The van der Waals surface area contributed by atoms with Gasteiger partial charge in [0.05, 0.1) is 6.61 Å². The summed E-state index contributed by atoms with van der Waals surface area (Å²) >= 11 is 1.54. The lowest BCUT2D eigenvalue weighted by Crippen LogP contribution is -1.92. The van der Waals surface area contributed by atoms with E-state index < -0.39 is 0 Å². The van der Waals surface area contributed by atoms with Crippen LogP contribution in [0.1, 0.15) is 18.7 Å². The zero-order valence-corrected chi connectivity index (χ0v) is 8.11. The summed E-state index contributed by atoms with van der Waals surface area (Å²) < 4.78 is 5.28. The molecule has 0 fully saturated rings.